The van der Waals surface area contributed by atoms with Crippen LogP contribution in [0.1, 0.15) is 28.4 Å². The van der Waals surface area contributed by atoms with E-state index in [9.17, 15) is 15.0 Å². The van der Waals surface area contributed by atoms with Crippen molar-refractivity contribution in [2.75, 3.05) is 27.8 Å². The second-order valence-electron chi connectivity index (χ2n) is 4.36. The molecule has 1 aromatic rings. The number of carbonyl (C=O) groups excluding carboxylic acids is 1. The molecule has 0 amide bonds. The van der Waals surface area contributed by atoms with Crippen LogP contribution in [0.2, 0.25) is 0 Å². The summed E-state index contributed by atoms with van der Waals surface area (Å²) in [4.78, 5) is 10.9. The summed E-state index contributed by atoms with van der Waals surface area (Å²) in [6.45, 7) is 0.565. The van der Waals surface area contributed by atoms with E-state index >= 15 is 0 Å². The van der Waals surface area contributed by atoms with Gasteiger partial charge in [-0.25, -0.2) is 0 Å². The zero-order valence-corrected chi connectivity index (χ0v) is 11.9. The zero-order valence-electron chi connectivity index (χ0n) is 11.9. The largest absolute Gasteiger partial charge is 0.496 e. The van der Waals surface area contributed by atoms with Crippen LogP contribution in [0, 0.1) is 0 Å². The van der Waals surface area contributed by atoms with Crippen LogP contribution in [0.3, 0.4) is 0 Å². The number of ether oxygens (including phenoxy) is 2. The number of carbonyl (C=O) groups is 1. The Morgan fingerprint density at radius 1 is 1.25 bits per heavy atom. The number of methoxy groups -OCH3 is 2. The number of benzene rings is 1. The first-order chi connectivity index (χ1) is 9.58. The van der Waals surface area contributed by atoms with Crippen LogP contribution in [-0.2, 0) is 0 Å². The maximum atomic E-state index is 10.9. The van der Waals surface area contributed by atoms with Crippen molar-refractivity contribution in [3.63, 3.8) is 0 Å². The second-order valence-corrected chi connectivity index (χ2v) is 4.36. The molecule has 0 aromatic heterocycles. The van der Waals surface area contributed by atoms with Gasteiger partial charge in [0.25, 0.3) is 0 Å². The smallest absolute Gasteiger partial charge is 0.150 e. The van der Waals surface area contributed by atoms with Crippen molar-refractivity contribution in [1.82, 2.24) is 5.32 Å². The van der Waals surface area contributed by atoms with Gasteiger partial charge >= 0.3 is 0 Å². The number of hydrogen-bond acceptors (Lipinski definition) is 6. The van der Waals surface area contributed by atoms with Gasteiger partial charge in [-0.05, 0) is 32.1 Å². The van der Waals surface area contributed by atoms with E-state index < -0.39 is 12.2 Å². The molecule has 2 atom stereocenters. The maximum absolute atomic E-state index is 10.9. The quantitative estimate of drug-likeness (QED) is 0.603. The Morgan fingerprint density at radius 3 is 2.20 bits per heavy atom. The van der Waals surface area contributed by atoms with Crippen molar-refractivity contribution >= 4 is 6.29 Å². The van der Waals surface area contributed by atoms with E-state index in [1.165, 1.54) is 26.4 Å². The highest BCUT2D eigenvalue weighted by Crippen LogP contribution is 2.37. The lowest BCUT2D eigenvalue weighted by Gasteiger charge is -2.22. The highest BCUT2D eigenvalue weighted by Gasteiger charge is 2.26. The van der Waals surface area contributed by atoms with Gasteiger partial charge in [0.1, 0.15) is 23.9 Å². The summed E-state index contributed by atoms with van der Waals surface area (Å²) >= 11 is 0. The Balaban J connectivity index is 3.16. The molecule has 0 bridgehead atoms. The molecule has 0 saturated heterocycles. The topological polar surface area (TPSA) is 88.0 Å². The maximum Gasteiger partial charge on any atom is 0.150 e. The minimum atomic E-state index is -1.16. The summed E-state index contributed by atoms with van der Waals surface area (Å²) in [6, 6.07) is 3.00. The molecule has 6 heteroatoms. The fourth-order valence-corrected chi connectivity index (χ4v) is 1.96. The minimum Gasteiger partial charge on any atom is -0.496 e. The number of aldehydes is 1. The van der Waals surface area contributed by atoms with Crippen molar-refractivity contribution in [1.29, 1.82) is 0 Å². The predicted octanol–water partition coefficient (Wildman–Crippen LogP) is 0.520. The first-order valence-electron chi connectivity index (χ1n) is 6.30. The molecule has 1 aromatic carbocycles. The number of aliphatic hydroxyl groups excluding tert-OH is 2. The van der Waals surface area contributed by atoms with E-state index in [4.69, 9.17) is 9.47 Å². The van der Waals surface area contributed by atoms with Gasteiger partial charge in [-0.15, -0.1) is 0 Å². The third-order valence-corrected chi connectivity index (χ3v) is 3.05. The molecule has 3 N–H and O–H groups in total. The molecule has 112 valence electrons. The van der Waals surface area contributed by atoms with Crippen LogP contribution in [-0.4, -0.2) is 50.4 Å². The van der Waals surface area contributed by atoms with Crippen molar-refractivity contribution in [2.45, 2.75) is 18.6 Å². The van der Waals surface area contributed by atoms with Crippen molar-refractivity contribution in [2.24, 2.45) is 0 Å². The lowest BCUT2D eigenvalue weighted by atomic mass is 9.98. The molecule has 0 saturated carbocycles. The molecule has 0 spiro atoms. The molecule has 0 aliphatic carbocycles. The average molecular weight is 283 g/mol. The molecule has 2 unspecified atom stereocenters. The Kier molecular flexibility index (Phi) is 6.44. The fourth-order valence-electron chi connectivity index (χ4n) is 1.96. The summed E-state index contributed by atoms with van der Waals surface area (Å²) in [5.74, 6) is 0.616. The van der Waals surface area contributed by atoms with Gasteiger partial charge in [0, 0.05) is 5.56 Å². The molecule has 1 rings (SSSR count). The van der Waals surface area contributed by atoms with Crippen molar-refractivity contribution < 1.29 is 24.5 Å². The monoisotopic (exact) mass is 283 g/mol. The Hall–Kier alpha value is -1.63. The Bertz CT molecular complexity index is 424. The van der Waals surface area contributed by atoms with Crippen LogP contribution in [0.25, 0.3) is 0 Å². The SMILES string of the molecule is CNCCC(O)C(O)c1c(OC)cc(C=O)cc1OC. The van der Waals surface area contributed by atoms with Crippen LogP contribution in [0.5, 0.6) is 11.5 Å². The predicted molar refractivity (Wildman–Crippen MR) is 74.4 cm³/mol. The summed E-state index contributed by atoms with van der Waals surface area (Å²) in [5, 5.41) is 23.2. The van der Waals surface area contributed by atoms with Crippen molar-refractivity contribution in [3.05, 3.63) is 23.3 Å². The molecule has 20 heavy (non-hydrogen) atoms. The summed E-state index contributed by atoms with van der Waals surface area (Å²) in [6.07, 6.45) is -1.08. The van der Waals surface area contributed by atoms with Crippen LogP contribution >= 0.6 is 0 Å². The molecular weight excluding hydrogens is 262 g/mol. The van der Waals surface area contributed by atoms with E-state index in [1.54, 1.807) is 7.05 Å². The van der Waals surface area contributed by atoms with Gasteiger partial charge in [-0.1, -0.05) is 0 Å². The second kappa shape index (κ2) is 7.84. The third-order valence-electron chi connectivity index (χ3n) is 3.05. The first-order valence-corrected chi connectivity index (χ1v) is 6.30. The third kappa shape index (κ3) is 3.69. The molecule has 0 aliphatic rings. The molecule has 0 heterocycles. The van der Waals surface area contributed by atoms with E-state index in [0.717, 1.165) is 0 Å². The molecule has 6 nitrogen and oxygen atoms in total. The lowest BCUT2D eigenvalue weighted by Crippen LogP contribution is -2.24. The number of aliphatic hydroxyl groups is 2. The highest BCUT2D eigenvalue weighted by molar-refractivity contribution is 5.77. The lowest BCUT2D eigenvalue weighted by molar-refractivity contribution is 0.0113. The summed E-state index contributed by atoms with van der Waals surface area (Å²) in [7, 11) is 4.62. The van der Waals surface area contributed by atoms with Gasteiger partial charge in [0.2, 0.25) is 0 Å². The molecular formula is C14H21NO5. The summed E-state index contributed by atoms with van der Waals surface area (Å²) in [5.41, 5.74) is 0.712. The Morgan fingerprint density at radius 2 is 1.80 bits per heavy atom. The number of hydrogen-bond donors (Lipinski definition) is 3. The highest BCUT2D eigenvalue weighted by atomic mass is 16.5. The molecule has 0 radical (unpaired) electrons. The minimum absolute atomic E-state index is 0.308. The van der Waals surface area contributed by atoms with Gasteiger partial charge < -0.3 is 25.0 Å². The molecule has 0 aliphatic heterocycles. The van der Waals surface area contributed by atoms with Crippen molar-refractivity contribution in [3.8, 4) is 11.5 Å². The number of rotatable bonds is 8. The number of nitrogens with one attached hydrogen (secondary N) is 1. The van der Waals surface area contributed by atoms with E-state index in [2.05, 4.69) is 5.32 Å². The first kappa shape index (κ1) is 16.4. The Labute approximate surface area is 118 Å². The van der Waals surface area contributed by atoms with E-state index in [-0.39, 0.29) is 0 Å². The van der Waals surface area contributed by atoms with Gasteiger partial charge in [0.15, 0.2) is 0 Å². The van der Waals surface area contributed by atoms with Gasteiger partial charge in [0.05, 0.1) is 25.9 Å². The summed E-state index contributed by atoms with van der Waals surface area (Å²) < 4.78 is 10.4. The average Bonchev–Trinajstić information content (AvgIpc) is 2.50. The van der Waals surface area contributed by atoms with Gasteiger partial charge in [-0.2, -0.15) is 0 Å². The van der Waals surface area contributed by atoms with Crippen LogP contribution in [0.15, 0.2) is 12.1 Å². The van der Waals surface area contributed by atoms with Gasteiger partial charge in [-0.3, -0.25) is 4.79 Å². The normalized spacial score (nSPS) is 13.7. The van der Waals surface area contributed by atoms with Crippen LogP contribution in [0.4, 0.5) is 0 Å². The van der Waals surface area contributed by atoms with E-state index in [1.807, 2.05) is 0 Å². The fraction of sp³-hybridized carbons (Fsp3) is 0.500. The van der Waals surface area contributed by atoms with Crippen LogP contribution < -0.4 is 14.8 Å². The molecule has 0 fully saturated rings. The standard InChI is InChI=1S/C14H21NO5/c1-15-5-4-10(17)14(18)13-11(19-2)6-9(8-16)7-12(13)20-3/h6-8,10,14-15,17-18H,4-5H2,1-3H3. The zero-order chi connectivity index (χ0) is 15.1. The van der Waals surface area contributed by atoms with E-state index in [0.29, 0.717) is 41.9 Å².